The summed E-state index contributed by atoms with van der Waals surface area (Å²) >= 11 is 0. The smallest absolute Gasteiger partial charge is 0.319 e. The summed E-state index contributed by atoms with van der Waals surface area (Å²) in [5, 5.41) is 0. The average Bonchev–Trinajstić information content (AvgIpc) is 2.40. The van der Waals surface area contributed by atoms with Gasteiger partial charge in [-0.05, 0) is 24.7 Å². The van der Waals surface area contributed by atoms with Crippen molar-refractivity contribution in [2.75, 3.05) is 46.7 Å². The number of likely N-dealkylation sites (tertiary alicyclic amines) is 1. The second-order valence-corrected chi connectivity index (χ2v) is 8.07. The third-order valence-electron chi connectivity index (χ3n) is 4.54. The molecule has 0 aromatic heterocycles. The number of nitrogens with zero attached hydrogens (tertiary/aromatic N) is 2. The Morgan fingerprint density at radius 1 is 1.29 bits per heavy atom. The minimum Gasteiger partial charge on any atom is -0.380 e. The van der Waals surface area contributed by atoms with Crippen molar-refractivity contribution in [3.8, 4) is 0 Å². The SMILES string of the molecule is CN(C)C(=O)N1CCC2(CCOC[C@H]2NS(C)(=O)=O)CC1. The summed E-state index contributed by atoms with van der Waals surface area (Å²) in [7, 11) is 0.229. The number of amides is 2. The van der Waals surface area contributed by atoms with Crippen LogP contribution in [0, 0.1) is 5.41 Å². The summed E-state index contributed by atoms with van der Waals surface area (Å²) in [5.74, 6) is 0. The summed E-state index contributed by atoms with van der Waals surface area (Å²) < 4.78 is 31.3. The number of ether oxygens (including phenoxy) is 1. The van der Waals surface area contributed by atoms with E-state index in [1.165, 1.54) is 6.26 Å². The number of rotatable bonds is 2. The fourth-order valence-electron chi connectivity index (χ4n) is 3.27. The fraction of sp³-hybridized carbons (Fsp3) is 0.923. The number of carbonyl (C=O) groups is 1. The second kappa shape index (κ2) is 6.10. The molecule has 0 aromatic carbocycles. The number of hydrogen-bond donors (Lipinski definition) is 1. The van der Waals surface area contributed by atoms with E-state index in [9.17, 15) is 13.2 Å². The molecule has 8 heteroatoms. The maximum Gasteiger partial charge on any atom is 0.319 e. The number of hydrogen-bond acceptors (Lipinski definition) is 4. The molecule has 122 valence electrons. The van der Waals surface area contributed by atoms with Crippen LogP contribution in [-0.2, 0) is 14.8 Å². The van der Waals surface area contributed by atoms with Gasteiger partial charge >= 0.3 is 6.03 Å². The van der Waals surface area contributed by atoms with Gasteiger partial charge in [-0.3, -0.25) is 0 Å². The Morgan fingerprint density at radius 2 is 1.90 bits per heavy atom. The van der Waals surface area contributed by atoms with Gasteiger partial charge in [0.25, 0.3) is 0 Å². The Morgan fingerprint density at radius 3 is 2.43 bits per heavy atom. The summed E-state index contributed by atoms with van der Waals surface area (Å²) in [6, 6.07) is -0.178. The Balaban J connectivity index is 2.06. The maximum absolute atomic E-state index is 12.0. The van der Waals surface area contributed by atoms with E-state index >= 15 is 0 Å². The maximum atomic E-state index is 12.0. The number of urea groups is 1. The van der Waals surface area contributed by atoms with Gasteiger partial charge in [-0.1, -0.05) is 0 Å². The predicted molar refractivity (Wildman–Crippen MR) is 79.5 cm³/mol. The standard InChI is InChI=1S/C13H25N3O4S/c1-15(2)12(17)16-7-4-13(5-8-16)6-9-20-10-11(13)14-21(3,18)19/h11,14H,4-10H2,1-3H3/t11-/m1/s1. The second-order valence-electron chi connectivity index (χ2n) is 6.29. The molecule has 1 atom stereocenters. The summed E-state index contributed by atoms with van der Waals surface area (Å²) in [6.07, 6.45) is 3.64. The zero-order valence-electron chi connectivity index (χ0n) is 13.0. The van der Waals surface area contributed by atoms with Gasteiger partial charge in [0.15, 0.2) is 0 Å². The van der Waals surface area contributed by atoms with Crippen LogP contribution in [0.2, 0.25) is 0 Å². The van der Waals surface area contributed by atoms with Gasteiger partial charge in [-0.15, -0.1) is 0 Å². The van der Waals surface area contributed by atoms with E-state index in [2.05, 4.69) is 4.72 Å². The first kappa shape index (κ1) is 16.5. The Hall–Kier alpha value is -0.860. The van der Waals surface area contributed by atoms with Crippen LogP contribution < -0.4 is 4.72 Å². The summed E-state index contributed by atoms with van der Waals surface area (Å²) in [6.45, 7) is 2.40. The first-order valence-corrected chi connectivity index (χ1v) is 9.14. The lowest BCUT2D eigenvalue weighted by molar-refractivity contribution is -0.0391. The van der Waals surface area contributed by atoms with Crippen LogP contribution in [0.3, 0.4) is 0 Å². The van der Waals surface area contributed by atoms with Crippen molar-refractivity contribution in [2.24, 2.45) is 5.41 Å². The molecule has 0 saturated carbocycles. The molecular weight excluding hydrogens is 294 g/mol. The highest BCUT2D eigenvalue weighted by atomic mass is 32.2. The third-order valence-corrected chi connectivity index (χ3v) is 5.25. The third kappa shape index (κ3) is 3.87. The molecule has 2 amide bonds. The van der Waals surface area contributed by atoms with Crippen molar-refractivity contribution in [1.82, 2.24) is 14.5 Å². The molecule has 1 N–H and O–H groups in total. The zero-order valence-corrected chi connectivity index (χ0v) is 13.8. The van der Waals surface area contributed by atoms with Crippen molar-refractivity contribution >= 4 is 16.1 Å². The number of carbonyl (C=O) groups excluding carboxylic acids is 1. The highest BCUT2D eigenvalue weighted by molar-refractivity contribution is 7.88. The molecule has 21 heavy (non-hydrogen) atoms. The monoisotopic (exact) mass is 319 g/mol. The van der Waals surface area contributed by atoms with E-state index in [4.69, 9.17) is 4.74 Å². The van der Waals surface area contributed by atoms with Crippen molar-refractivity contribution in [3.05, 3.63) is 0 Å². The van der Waals surface area contributed by atoms with E-state index < -0.39 is 10.0 Å². The molecule has 2 aliphatic heterocycles. The normalized spacial score (nSPS) is 25.9. The van der Waals surface area contributed by atoms with Gasteiger partial charge in [0.2, 0.25) is 10.0 Å². The highest BCUT2D eigenvalue weighted by Crippen LogP contribution is 2.41. The molecule has 7 nitrogen and oxygen atoms in total. The van der Waals surface area contributed by atoms with Gasteiger partial charge in [0.1, 0.15) is 0 Å². The first-order valence-electron chi connectivity index (χ1n) is 7.25. The van der Waals surface area contributed by atoms with Gasteiger partial charge in [0, 0.05) is 33.8 Å². The summed E-state index contributed by atoms with van der Waals surface area (Å²) in [4.78, 5) is 15.4. The summed E-state index contributed by atoms with van der Waals surface area (Å²) in [5.41, 5.74) is -0.0928. The van der Waals surface area contributed by atoms with E-state index in [0.29, 0.717) is 26.3 Å². The molecule has 1 spiro atoms. The molecule has 2 heterocycles. The molecule has 0 aliphatic carbocycles. The first-order chi connectivity index (χ1) is 9.73. The number of nitrogens with one attached hydrogen (secondary N) is 1. The van der Waals surface area contributed by atoms with Crippen LogP contribution >= 0.6 is 0 Å². The van der Waals surface area contributed by atoms with Gasteiger partial charge in [-0.2, -0.15) is 0 Å². The van der Waals surface area contributed by atoms with Crippen molar-refractivity contribution in [2.45, 2.75) is 25.3 Å². The Kier molecular flexibility index (Phi) is 4.79. The molecule has 0 aromatic rings. The van der Waals surface area contributed by atoms with E-state index in [1.807, 2.05) is 4.90 Å². The van der Waals surface area contributed by atoms with Crippen molar-refractivity contribution in [3.63, 3.8) is 0 Å². The fourth-order valence-corrected chi connectivity index (χ4v) is 4.10. The van der Waals surface area contributed by atoms with Crippen molar-refractivity contribution in [1.29, 1.82) is 0 Å². The Bertz CT molecular complexity index is 484. The van der Waals surface area contributed by atoms with Gasteiger partial charge < -0.3 is 14.5 Å². The van der Waals surface area contributed by atoms with Crippen molar-refractivity contribution < 1.29 is 17.9 Å². The van der Waals surface area contributed by atoms with Crippen LogP contribution in [0.5, 0.6) is 0 Å². The molecule has 0 unspecified atom stereocenters. The van der Waals surface area contributed by atoms with Crippen LogP contribution in [0.4, 0.5) is 4.79 Å². The zero-order chi connectivity index (χ0) is 15.7. The van der Waals surface area contributed by atoms with E-state index in [1.54, 1.807) is 19.0 Å². The Labute approximate surface area is 126 Å². The number of piperidine rings is 1. The largest absolute Gasteiger partial charge is 0.380 e. The van der Waals surface area contributed by atoms with Crippen LogP contribution in [0.25, 0.3) is 0 Å². The predicted octanol–water partition coefficient (Wildman–Crippen LogP) is 0.0883. The average molecular weight is 319 g/mol. The topological polar surface area (TPSA) is 79.0 Å². The van der Waals surface area contributed by atoms with Gasteiger partial charge in [-0.25, -0.2) is 17.9 Å². The molecule has 2 aliphatic rings. The van der Waals surface area contributed by atoms with Crippen LogP contribution in [-0.4, -0.2) is 76.9 Å². The highest BCUT2D eigenvalue weighted by Gasteiger charge is 2.45. The lowest BCUT2D eigenvalue weighted by Gasteiger charge is -2.49. The van der Waals surface area contributed by atoms with Crippen LogP contribution in [0.1, 0.15) is 19.3 Å². The molecule has 0 bridgehead atoms. The van der Waals surface area contributed by atoms with E-state index in [0.717, 1.165) is 19.3 Å². The minimum absolute atomic E-state index is 0.0181. The molecule has 2 fully saturated rings. The lowest BCUT2D eigenvalue weighted by Crippen LogP contribution is -2.58. The number of sulfonamides is 1. The molecule has 2 rings (SSSR count). The van der Waals surface area contributed by atoms with Gasteiger partial charge in [0.05, 0.1) is 18.9 Å². The minimum atomic E-state index is -3.26. The molecular formula is C13H25N3O4S. The lowest BCUT2D eigenvalue weighted by atomic mass is 9.69. The van der Waals surface area contributed by atoms with E-state index in [-0.39, 0.29) is 17.5 Å². The van der Waals surface area contributed by atoms with Crippen LogP contribution in [0.15, 0.2) is 0 Å². The quantitative estimate of drug-likeness (QED) is 0.782. The molecule has 0 radical (unpaired) electrons. The molecule has 2 saturated heterocycles.